The van der Waals surface area contributed by atoms with Gasteiger partial charge in [0.05, 0.1) is 0 Å². The maximum atomic E-state index is 3.71. The summed E-state index contributed by atoms with van der Waals surface area (Å²) in [6.07, 6.45) is 5.58. The molecule has 0 amide bonds. The van der Waals surface area contributed by atoms with Crippen LogP contribution in [0.15, 0.2) is 0 Å². The van der Waals surface area contributed by atoms with Gasteiger partial charge in [-0.25, -0.2) is 0 Å². The van der Waals surface area contributed by atoms with E-state index in [1.807, 2.05) is 0 Å². The van der Waals surface area contributed by atoms with E-state index in [-0.39, 0.29) is 0 Å². The molecule has 0 bridgehead atoms. The Morgan fingerprint density at radius 1 is 1.29 bits per heavy atom. The van der Waals surface area contributed by atoms with Crippen LogP contribution in [-0.4, -0.2) is 37.1 Å². The van der Waals surface area contributed by atoms with Crippen molar-refractivity contribution >= 4 is 0 Å². The van der Waals surface area contributed by atoms with Crippen LogP contribution < -0.4 is 5.32 Å². The first-order valence-electron chi connectivity index (χ1n) is 7.64. The Kier molecular flexibility index (Phi) is 4.87. The van der Waals surface area contributed by atoms with E-state index in [1.54, 1.807) is 0 Å². The minimum absolute atomic E-state index is 0.764. The van der Waals surface area contributed by atoms with Crippen LogP contribution in [0.2, 0.25) is 0 Å². The van der Waals surface area contributed by atoms with Crippen molar-refractivity contribution in [2.24, 2.45) is 17.8 Å². The largest absolute Gasteiger partial charge is 0.313 e. The molecular formula is C15H30N2. The lowest BCUT2D eigenvalue weighted by Gasteiger charge is -2.32. The molecule has 2 heteroatoms. The van der Waals surface area contributed by atoms with Crippen molar-refractivity contribution in [2.45, 2.75) is 52.5 Å². The van der Waals surface area contributed by atoms with E-state index in [4.69, 9.17) is 0 Å². The molecule has 0 spiro atoms. The summed E-state index contributed by atoms with van der Waals surface area (Å²) in [5.74, 6) is 2.79. The highest BCUT2D eigenvalue weighted by atomic mass is 15.2. The Bertz CT molecular complexity index is 227. The summed E-state index contributed by atoms with van der Waals surface area (Å²) in [7, 11) is 0. The molecule has 100 valence electrons. The van der Waals surface area contributed by atoms with Crippen LogP contribution in [0.5, 0.6) is 0 Å². The molecule has 0 saturated carbocycles. The van der Waals surface area contributed by atoms with Gasteiger partial charge in [0.15, 0.2) is 0 Å². The molecule has 0 aromatic heterocycles. The number of nitrogens with zero attached hydrogens (tertiary/aromatic N) is 1. The van der Waals surface area contributed by atoms with Crippen LogP contribution in [0.4, 0.5) is 0 Å². The van der Waals surface area contributed by atoms with E-state index in [1.165, 1.54) is 51.9 Å². The monoisotopic (exact) mass is 238 g/mol. The fourth-order valence-corrected chi connectivity index (χ4v) is 3.49. The average Bonchev–Trinajstić information content (AvgIpc) is 2.78. The Labute approximate surface area is 107 Å². The van der Waals surface area contributed by atoms with Gasteiger partial charge in [0.1, 0.15) is 0 Å². The van der Waals surface area contributed by atoms with Crippen LogP contribution in [0.3, 0.4) is 0 Å². The standard InChI is InChI=1S/C15H30N2/c1-4-13-5-7-16-15(9-13)11-17-8-6-14(10-17)12(2)3/h12-16H,4-11H2,1-3H3. The quantitative estimate of drug-likeness (QED) is 0.810. The van der Waals surface area contributed by atoms with Crippen LogP contribution in [-0.2, 0) is 0 Å². The predicted molar refractivity (Wildman–Crippen MR) is 74.2 cm³/mol. The predicted octanol–water partition coefficient (Wildman–Crippen LogP) is 2.74. The lowest BCUT2D eigenvalue weighted by atomic mass is 9.90. The molecule has 0 aromatic carbocycles. The van der Waals surface area contributed by atoms with Crippen LogP contribution in [0, 0.1) is 17.8 Å². The minimum Gasteiger partial charge on any atom is -0.313 e. The molecule has 2 rings (SSSR count). The van der Waals surface area contributed by atoms with E-state index in [0.717, 1.165) is 23.8 Å². The van der Waals surface area contributed by atoms with Gasteiger partial charge in [-0.15, -0.1) is 0 Å². The highest BCUT2D eigenvalue weighted by Crippen LogP contribution is 2.25. The zero-order chi connectivity index (χ0) is 12.3. The highest BCUT2D eigenvalue weighted by Gasteiger charge is 2.28. The zero-order valence-electron chi connectivity index (χ0n) is 11.9. The molecule has 2 fully saturated rings. The van der Waals surface area contributed by atoms with Crippen LogP contribution in [0.25, 0.3) is 0 Å². The van der Waals surface area contributed by atoms with Gasteiger partial charge in [-0.2, -0.15) is 0 Å². The van der Waals surface area contributed by atoms with Gasteiger partial charge in [0.2, 0.25) is 0 Å². The Morgan fingerprint density at radius 2 is 2.12 bits per heavy atom. The number of nitrogens with one attached hydrogen (secondary N) is 1. The maximum Gasteiger partial charge on any atom is 0.0197 e. The molecular weight excluding hydrogens is 208 g/mol. The van der Waals surface area contributed by atoms with Gasteiger partial charge in [-0.1, -0.05) is 27.2 Å². The molecule has 3 unspecified atom stereocenters. The molecule has 2 aliphatic heterocycles. The van der Waals surface area contributed by atoms with E-state index in [2.05, 4.69) is 31.0 Å². The third-order valence-corrected chi connectivity index (χ3v) is 4.91. The number of hydrogen-bond acceptors (Lipinski definition) is 2. The first-order valence-corrected chi connectivity index (χ1v) is 7.64. The molecule has 17 heavy (non-hydrogen) atoms. The van der Waals surface area contributed by atoms with E-state index in [9.17, 15) is 0 Å². The van der Waals surface area contributed by atoms with E-state index < -0.39 is 0 Å². The molecule has 1 N–H and O–H groups in total. The molecule has 0 radical (unpaired) electrons. The van der Waals surface area contributed by atoms with Gasteiger partial charge < -0.3 is 10.2 Å². The second-order valence-electron chi connectivity index (χ2n) is 6.50. The van der Waals surface area contributed by atoms with Crippen molar-refractivity contribution in [2.75, 3.05) is 26.2 Å². The minimum atomic E-state index is 0.764. The second kappa shape index (κ2) is 6.19. The van der Waals surface area contributed by atoms with Gasteiger partial charge in [-0.05, 0) is 50.1 Å². The summed E-state index contributed by atoms with van der Waals surface area (Å²) >= 11 is 0. The molecule has 3 atom stereocenters. The fourth-order valence-electron chi connectivity index (χ4n) is 3.49. The second-order valence-corrected chi connectivity index (χ2v) is 6.50. The summed E-state index contributed by atoms with van der Waals surface area (Å²) in [4.78, 5) is 2.69. The number of piperidine rings is 1. The van der Waals surface area contributed by atoms with Gasteiger partial charge in [0.25, 0.3) is 0 Å². The number of likely N-dealkylation sites (tertiary alicyclic amines) is 1. The third kappa shape index (κ3) is 3.69. The maximum absolute atomic E-state index is 3.71. The normalized spacial score (nSPS) is 35.6. The molecule has 0 aromatic rings. The first-order chi connectivity index (χ1) is 8.19. The molecule has 2 nitrogen and oxygen atoms in total. The Morgan fingerprint density at radius 3 is 2.76 bits per heavy atom. The lowest BCUT2D eigenvalue weighted by Crippen LogP contribution is -2.45. The summed E-state index contributed by atoms with van der Waals surface area (Å²) < 4.78 is 0. The number of rotatable bonds is 4. The zero-order valence-corrected chi connectivity index (χ0v) is 11.9. The van der Waals surface area contributed by atoms with Gasteiger partial charge in [-0.3, -0.25) is 0 Å². The Balaban J connectivity index is 1.74. The van der Waals surface area contributed by atoms with Crippen LogP contribution >= 0.6 is 0 Å². The molecule has 2 aliphatic rings. The third-order valence-electron chi connectivity index (χ3n) is 4.91. The molecule has 0 aliphatic carbocycles. The first kappa shape index (κ1) is 13.4. The lowest BCUT2D eigenvalue weighted by molar-refractivity contribution is 0.216. The van der Waals surface area contributed by atoms with Gasteiger partial charge in [0, 0.05) is 19.1 Å². The van der Waals surface area contributed by atoms with Crippen molar-refractivity contribution in [3.8, 4) is 0 Å². The smallest absolute Gasteiger partial charge is 0.0197 e. The van der Waals surface area contributed by atoms with Gasteiger partial charge >= 0.3 is 0 Å². The van der Waals surface area contributed by atoms with Crippen molar-refractivity contribution in [1.29, 1.82) is 0 Å². The summed E-state index contributed by atoms with van der Waals surface area (Å²) in [5, 5.41) is 3.71. The van der Waals surface area contributed by atoms with E-state index in [0.29, 0.717) is 0 Å². The molecule has 2 saturated heterocycles. The summed E-state index contributed by atoms with van der Waals surface area (Å²) in [6.45, 7) is 12.3. The SMILES string of the molecule is CCC1CCNC(CN2CCC(C(C)C)C2)C1. The summed E-state index contributed by atoms with van der Waals surface area (Å²) in [6, 6.07) is 0.764. The average molecular weight is 238 g/mol. The topological polar surface area (TPSA) is 15.3 Å². The summed E-state index contributed by atoms with van der Waals surface area (Å²) in [5.41, 5.74) is 0. The van der Waals surface area contributed by atoms with Crippen LogP contribution in [0.1, 0.15) is 46.5 Å². The van der Waals surface area contributed by atoms with Crippen molar-refractivity contribution in [3.63, 3.8) is 0 Å². The van der Waals surface area contributed by atoms with E-state index >= 15 is 0 Å². The van der Waals surface area contributed by atoms with Crippen molar-refractivity contribution < 1.29 is 0 Å². The molecule has 2 heterocycles. The van der Waals surface area contributed by atoms with Crippen molar-refractivity contribution in [3.05, 3.63) is 0 Å². The fraction of sp³-hybridized carbons (Fsp3) is 1.00. The number of hydrogen-bond donors (Lipinski definition) is 1. The van der Waals surface area contributed by atoms with Crippen molar-refractivity contribution in [1.82, 2.24) is 10.2 Å². The highest BCUT2D eigenvalue weighted by molar-refractivity contribution is 4.84. The Hall–Kier alpha value is -0.0800.